The molecule has 0 aromatic carbocycles. The van der Waals surface area contributed by atoms with Gasteiger partial charge in [0, 0.05) is 38.4 Å². The Morgan fingerprint density at radius 3 is 3.00 bits per heavy atom. The Kier molecular flexibility index (Phi) is 4.00. The minimum Gasteiger partial charge on any atom is -0.479 e. The second kappa shape index (κ2) is 5.70. The fourth-order valence-electron chi connectivity index (χ4n) is 1.90. The highest BCUT2D eigenvalue weighted by molar-refractivity contribution is 5.74. The van der Waals surface area contributed by atoms with Gasteiger partial charge in [-0.3, -0.25) is 0 Å². The number of amides is 2. The van der Waals surface area contributed by atoms with Crippen molar-refractivity contribution < 1.29 is 19.8 Å². The predicted octanol–water partition coefficient (Wildman–Crippen LogP) is -0.756. The van der Waals surface area contributed by atoms with Crippen molar-refractivity contribution in [2.24, 2.45) is 0 Å². The third-order valence-electron chi connectivity index (χ3n) is 3.01. The van der Waals surface area contributed by atoms with Gasteiger partial charge in [0.1, 0.15) is 5.82 Å². The standard InChI is InChI=1S/C11H16N4O4/c16-8(10(17)18)1-2-13-11(19)15-6-5-14-4-3-12-9(14)7-15/h3-4,8,16H,1-2,5-7H2,(H,13,19)(H,17,18). The summed E-state index contributed by atoms with van der Waals surface area (Å²) >= 11 is 0. The average molecular weight is 268 g/mol. The summed E-state index contributed by atoms with van der Waals surface area (Å²) in [6, 6.07) is -0.271. The van der Waals surface area contributed by atoms with Gasteiger partial charge < -0.3 is 25.0 Å². The first-order chi connectivity index (χ1) is 9.08. The van der Waals surface area contributed by atoms with E-state index in [2.05, 4.69) is 10.3 Å². The number of nitrogens with zero attached hydrogens (tertiary/aromatic N) is 3. The highest BCUT2D eigenvalue weighted by Crippen LogP contribution is 2.09. The molecule has 1 atom stereocenters. The Hall–Kier alpha value is -2.09. The zero-order valence-corrected chi connectivity index (χ0v) is 10.3. The third kappa shape index (κ3) is 3.22. The number of aromatic nitrogens is 2. The van der Waals surface area contributed by atoms with Crippen molar-refractivity contribution in [2.75, 3.05) is 13.1 Å². The number of carboxylic acid groups (broad SMARTS) is 1. The van der Waals surface area contributed by atoms with Crippen LogP contribution in [0.4, 0.5) is 4.79 Å². The highest BCUT2D eigenvalue weighted by atomic mass is 16.4. The molecule has 0 fully saturated rings. The number of hydrogen-bond donors (Lipinski definition) is 3. The molecular formula is C11H16N4O4. The van der Waals surface area contributed by atoms with Gasteiger partial charge in [0.2, 0.25) is 0 Å². The van der Waals surface area contributed by atoms with Gasteiger partial charge in [-0.05, 0) is 0 Å². The average Bonchev–Trinajstić information content (AvgIpc) is 2.85. The van der Waals surface area contributed by atoms with Gasteiger partial charge in [-0.1, -0.05) is 0 Å². The first kappa shape index (κ1) is 13.3. The van der Waals surface area contributed by atoms with Crippen LogP contribution in [0.1, 0.15) is 12.2 Å². The second-order valence-corrected chi connectivity index (χ2v) is 4.33. The number of aliphatic carboxylic acids is 1. The monoisotopic (exact) mass is 268 g/mol. The summed E-state index contributed by atoms with van der Waals surface area (Å²) in [5.41, 5.74) is 0. The van der Waals surface area contributed by atoms with E-state index in [1.807, 2.05) is 10.8 Å². The van der Waals surface area contributed by atoms with Crippen molar-refractivity contribution in [3.63, 3.8) is 0 Å². The first-order valence-corrected chi connectivity index (χ1v) is 6.01. The summed E-state index contributed by atoms with van der Waals surface area (Å²) in [4.78, 5) is 28.0. The smallest absolute Gasteiger partial charge is 0.332 e. The quantitative estimate of drug-likeness (QED) is 0.665. The molecule has 104 valence electrons. The van der Waals surface area contributed by atoms with E-state index in [0.717, 1.165) is 5.82 Å². The molecule has 2 amide bonds. The summed E-state index contributed by atoms with van der Waals surface area (Å²) in [7, 11) is 0. The number of urea groups is 1. The van der Waals surface area contributed by atoms with E-state index >= 15 is 0 Å². The van der Waals surface area contributed by atoms with Crippen LogP contribution >= 0.6 is 0 Å². The van der Waals surface area contributed by atoms with Crippen molar-refractivity contribution >= 4 is 12.0 Å². The van der Waals surface area contributed by atoms with Crippen LogP contribution in [0.5, 0.6) is 0 Å². The molecule has 8 nitrogen and oxygen atoms in total. The molecule has 1 unspecified atom stereocenters. The van der Waals surface area contributed by atoms with Crippen LogP contribution in [0.25, 0.3) is 0 Å². The molecule has 0 saturated carbocycles. The van der Waals surface area contributed by atoms with Crippen LogP contribution in [-0.4, -0.2) is 55.9 Å². The van der Waals surface area contributed by atoms with Gasteiger partial charge in [-0.15, -0.1) is 0 Å². The molecule has 0 spiro atoms. The van der Waals surface area contributed by atoms with Gasteiger partial charge in [0.15, 0.2) is 6.10 Å². The van der Waals surface area contributed by atoms with E-state index < -0.39 is 12.1 Å². The Morgan fingerprint density at radius 1 is 1.47 bits per heavy atom. The summed E-state index contributed by atoms with van der Waals surface area (Å²) in [5, 5.41) is 20.2. The van der Waals surface area contributed by atoms with Gasteiger partial charge in [0.05, 0.1) is 6.54 Å². The maximum absolute atomic E-state index is 11.8. The lowest BCUT2D eigenvalue weighted by molar-refractivity contribution is -0.146. The number of imidazole rings is 1. The molecule has 1 aromatic heterocycles. The Morgan fingerprint density at radius 2 is 2.26 bits per heavy atom. The van der Waals surface area contributed by atoms with Crippen LogP contribution in [0.3, 0.4) is 0 Å². The lowest BCUT2D eigenvalue weighted by Gasteiger charge is -2.27. The number of carboxylic acids is 1. The van der Waals surface area contributed by atoms with Crippen LogP contribution in [0.15, 0.2) is 12.4 Å². The normalized spacial score (nSPS) is 15.7. The van der Waals surface area contributed by atoms with Crippen LogP contribution in [-0.2, 0) is 17.9 Å². The van der Waals surface area contributed by atoms with E-state index in [-0.39, 0.29) is 19.0 Å². The van der Waals surface area contributed by atoms with Crippen LogP contribution in [0, 0.1) is 0 Å². The van der Waals surface area contributed by atoms with E-state index in [1.165, 1.54) is 0 Å². The molecule has 1 aliphatic heterocycles. The van der Waals surface area contributed by atoms with Gasteiger partial charge >= 0.3 is 12.0 Å². The Balaban J connectivity index is 1.77. The van der Waals surface area contributed by atoms with E-state index in [9.17, 15) is 9.59 Å². The zero-order valence-electron chi connectivity index (χ0n) is 10.3. The molecule has 8 heteroatoms. The number of aliphatic hydroxyl groups excluding tert-OH is 1. The van der Waals surface area contributed by atoms with Crippen molar-refractivity contribution in [3.05, 3.63) is 18.2 Å². The van der Waals surface area contributed by atoms with E-state index in [4.69, 9.17) is 10.2 Å². The van der Waals surface area contributed by atoms with Gasteiger partial charge in [-0.2, -0.15) is 0 Å². The molecule has 2 heterocycles. The number of fused-ring (bicyclic) bond motifs is 1. The van der Waals surface area contributed by atoms with E-state index in [1.54, 1.807) is 11.1 Å². The van der Waals surface area contributed by atoms with Crippen molar-refractivity contribution in [3.8, 4) is 0 Å². The fourth-order valence-corrected chi connectivity index (χ4v) is 1.90. The Labute approximate surface area is 109 Å². The lowest BCUT2D eigenvalue weighted by Crippen LogP contribution is -2.45. The second-order valence-electron chi connectivity index (χ2n) is 4.33. The molecule has 0 radical (unpaired) electrons. The molecule has 1 aromatic rings. The fraction of sp³-hybridized carbons (Fsp3) is 0.545. The molecule has 1 aliphatic rings. The number of carbonyl (C=O) groups is 2. The highest BCUT2D eigenvalue weighted by Gasteiger charge is 2.21. The minimum absolute atomic E-state index is 0.0104. The Bertz CT molecular complexity index is 473. The summed E-state index contributed by atoms with van der Waals surface area (Å²) in [6.07, 6.45) is 2.11. The van der Waals surface area contributed by atoms with Gasteiger partial charge in [0.25, 0.3) is 0 Å². The topological polar surface area (TPSA) is 108 Å². The summed E-state index contributed by atoms with van der Waals surface area (Å²) < 4.78 is 1.98. The van der Waals surface area contributed by atoms with Crippen molar-refractivity contribution in [1.29, 1.82) is 0 Å². The van der Waals surface area contributed by atoms with Crippen molar-refractivity contribution in [2.45, 2.75) is 25.6 Å². The maximum atomic E-state index is 11.8. The molecule has 0 aliphatic carbocycles. The summed E-state index contributed by atoms with van der Waals surface area (Å²) in [6.45, 7) is 1.83. The van der Waals surface area contributed by atoms with Gasteiger partial charge in [-0.25, -0.2) is 14.6 Å². The molecule has 19 heavy (non-hydrogen) atoms. The molecule has 3 N–H and O–H groups in total. The van der Waals surface area contributed by atoms with Crippen LogP contribution in [0.2, 0.25) is 0 Å². The molecular weight excluding hydrogens is 252 g/mol. The minimum atomic E-state index is -1.44. The molecule has 2 rings (SSSR count). The first-order valence-electron chi connectivity index (χ1n) is 6.01. The number of hydrogen-bond acceptors (Lipinski definition) is 4. The number of carbonyl (C=O) groups excluding carboxylic acids is 1. The lowest BCUT2D eigenvalue weighted by atomic mass is 10.2. The largest absolute Gasteiger partial charge is 0.479 e. The third-order valence-corrected chi connectivity index (χ3v) is 3.01. The molecule has 0 bridgehead atoms. The summed E-state index contributed by atoms with van der Waals surface area (Å²) in [5.74, 6) is -0.457. The predicted molar refractivity (Wildman–Crippen MR) is 64.3 cm³/mol. The number of aliphatic hydroxyl groups is 1. The van der Waals surface area contributed by atoms with Crippen LogP contribution < -0.4 is 5.32 Å². The maximum Gasteiger partial charge on any atom is 0.332 e. The number of nitrogens with one attached hydrogen (secondary N) is 1. The zero-order chi connectivity index (χ0) is 13.8. The van der Waals surface area contributed by atoms with Crippen molar-refractivity contribution in [1.82, 2.24) is 19.8 Å². The molecule has 0 saturated heterocycles. The van der Waals surface area contributed by atoms with E-state index in [0.29, 0.717) is 19.6 Å². The number of rotatable bonds is 4. The SMILES string of the molecule is O=C(O)C(O)CCNC(=O)N1CCn2ccnc2C1.